The summed E-state index contributed by atoms with van der Waals surface area (Å²) in [6.45, 7) is 0. The van der Waals surface area contributed by atoms with Crippen LogP contribution in [0.15, 0.2) is 16.6 Å². The summed E-state index contributed by atoms with van der Waals surface area (Å²) >= 11 is 5.07. The van der Waals surface area contributed by atoms with Gasteiger partial charge >= 0.3 is 0 Å². The van der Waals surface area contributed by atoms with Gasteiger partial charge in [-0.25, -0.2) is 0 Å². The number of thioether (sulfide) groups is 2. The highest BCUT2D eigenvalue weighted by Crippen LogP contribution is 2.24. The van der Waals surface area contributed by atoms with Gasteiger partial charge in [0.1, 0.15) is 0 Å². The van der Waals surface area contributed by atoms with Crippen LogP contribution in [0.2, 0.25) is 0 Å². The highest BCUT2D eigenvalue weighted by Gasteiger charge is 2.21. The summed E-state index contributed by atoms with van der Waals surface area (Å²) in [6.07, 6.45) is 1.92. The fourth-order valence-electron chi connectivity index (χ4n) is 1.23. The highest BCUT2D eigenvalue weighted by molar-refractivity contribution is 8.07. The quantitative estimate of drug-likeness (QED) is 0.765. The van der Waals surface area contributed by atoms with Crippen molar-refractivity contribution in [2.45, 2.75) is 5.25 Å². The molecule has 1 aliphatic heterocycles. The molecule has 0 saturated carbocycles. The lowest BCUT2D eigenvalue weighted by molar-refractivity contribution is -0.117. The first-order chi connectivity index (χ1) is 7.27. The molecule has 1 atom stereocenters. The van der Waals surface area contributed by atoms with Crippen LogP contribution in [0, 0.1) is 0 Å². The number of nitrogens with zero attached hydrogens (tertiary/aromatic N) is 2. The molecule has 0 N–H and O–H groups in total. The summed E-state index contributed by atoms with van der Waals surface area (Å²) in [6, 6.07) is 0. The van der Waals surface area contributed by atoms with Crippen molar-refractivity contribution in [2.24, 2.45) is 12.0 Å². The van der Waals surface area contributed by atoms with E-state index in [9.17, 15) is 4.79 Å². The maximum atomic E-state index is 11.8. The number of hydrogen-bond donors (Lipinski definition) is 0. The third-order valence-electron chi connectivity index (χ3n) is 2.06. The van der Waals surface area contributed by atoms with Crippen LogP contribution in [-0.2, 0) is 11.8 Å². The van der Waals surface area contributed by atoms with E-state index in [4.69, 9.17) is 0 Å². The Morgan fingerprint density at radius 2 is 2.47 bits per heavy atom. The second-order valence-electron chi connectivity index (χ2n) is 3.18. The van der Waals surface area contributed by atoms with E-state index in [1.165, 1.54) is 11.3 Å². The number of carbonyl (C=O) groups is 1. The fraction of sp³-hybridized carbons (Fsp3) is 0.556. The molecule has 0 spiro atoms. The molecular formula is C9H12N2OS3. The van der Waals surface area contributed by atoms with Crippen molar-refractivity contribution in [3.05, 3.63) is 16.4 Å². The Bertz CT molecular complexity index is 403. The Labute approximate surface area is 101 Å². The number of carbonyl (C=O) groups excluding carboxylic acids is 1. The van der Waals surface area contributed by atoms with Gasteiger partial charge < -0.3 is 4.57 Å². The Morgan fingerprint density at radius 3 is 3.07 bits per heavy atom. The van der Waals surface area contributed by atoms with Gasteiger partial charge in [0.25, 0.3) is 5.91 Å². The number of aryl methyl sites for hydroxylation is 1. The van der Waals surface area contributed by atoms with Gasteiger partial charge in [-0.05, 0) is 0 Å². The first-order valence-corrected chi connectivity index (χ1v) is 7.74. The summed E-state index contributed by atoms with van der Waals surface area (Å²) in [7, 11) is 1.91. The van der Waals surface area contributed by atoms with Gasteiger partial charge in [-0.15, -0.1) is 23.1 Å². The van der Waals surface area contributed by atoms with E-state index >= 15 is 0 Å². The van der Waals surface area contributed by atoms with Crippen molar-refractivity contribution in [3.63, 3.8) is 0 Å². The molecule has 1 aliphatic rings. The summed E-state index contributed by atoms with van der Waals surface area (Å²) in [5.41, 5.74) is 0. The molecule has 0 bridgehead atoms. The Balaban J connectivity index is 2.12. The molecular weight excluding hydrogens is 248 g/mol. The molecule has 0 radical (unpaired) electrons. The minimum Gasteiger partial charge on any atom is -0.327 e. The van der Waals surface area contributed by atoms with Crippen molar-refractivity contribution >= 4 is 40.8 Å². The molecule has 1 amide bonds. The summed E-state index contributed by atoms with van der Waals surface area (Å²) in [5, 5.41) is 2.00. The molecule has 2 rings (SSSR count). The lowest BCUT2D eigenvalue weighted by atomic mass is 10.4. The maximum absolute atomic E-state index is 11.8. The maximum Gasteiger partial charge on any atom is 0.262 e. The number of amides is 1. The molecule has 0 aromatic carbocycles. The van der Waals surface area contributed by atoms with Crippen molar-refractivity contribution < 1.29 is 4.79 Å². The minimum atomic E-state index is 0.0188. The zero-order chi connectivity index (χ0) is 10.7. The van der Waals surface area contributed by atoms with Crippen LogP contribution in [0.1, 0.15) is 0 Å². The van der Waals surface area contributed by atoms with E-state index in [2.05, 4.69) is 4.99 Å². The average molecular weight is 260 g/mol. The largest absolute Gasteiger partial charge is 0.327 e. The third-order valence-corrected chi connectivity index (χ3v) is 5.65. The Kier molecular flexibility index (Phi) is 3.93. The van der Waals surface area contributed by atoms with Crippen LogP contribution in [-0.4, -0.2) is 33.0 Å². The summed E-state index contributed by atoms with van der Waals surface area (Å²) in [4.78, 5) is 16.7. The van der Waals surface area contributed by atoms with Gasteiger partial charge in [0.15, 0.2) is 4.80 Å². The van der Waals surface area contributed by atoms with Crippen LogP contribution >= 0.6 is 34.9 Å². The molecule has 1 aromatic heterocycles. The topological polar surface area (TPSA) is 34.4 Å². The summed E-state index contributed by atoms with van der Waals surface area (Å²) < 4.78 is 1.88. The predicted octanol–water partition coefficient (Wildman–Crippen LogP) is 1.36. The SMILES string of the molecule is Cn1ccsc1=NC(=O)C1CSCCS1. The Hall–Kier alpha value is -0.200. The zero-order valence-corrected chi connectivity index (χ0v) is 10.8. The minimum absolute atomic E-state index is 0.0188. The van der Waals surface area contributed by atoms with Gasteiger partial charge in [0.2, 0.25) is 0 Å². The molecule has 1 saturated heterocycles. The van der Waals surface area contributed by atoms with Crippen molar-refractivity contribution in [3.8, 4) is 0 Å². The Morgan fingerprint density at radius 1 is 1.60 bits per heavy atom. The summed E-state index contributed by atoms with van der Waals surface area (Å²) in [5.74, 6) is 3.14. The molecule has 3 nitrogen and oxygen atoms in total. The number of hydrogen-bond acceptors (Lipinski definition) is 4. The molecule has 1 fully saturated rings. The predicted molar refractivity (Wildman–Crippen MR) is 67.4 cm³/mol. The zero-order valence-electron chi connectivity index (χ0n) is 8.38. The van der Waals surface area contributed by atoms with Gasteiger partial charge in [0.05, 0.1) is 5.25 Å². The second-order valence-corrected chi connectivity index (χ2v) is 6.51. The van der Waals surface area contributed by atoms with Crippen LogP contribution in [0.5, 0.6) is 0 Å². The van der Waals surface area contributed by atoms with Gasteiger partial charge in [-0.1, -0.05) is 0 Å². The standard InChI is InChI=1S/C9H12N2OS3/c1-11-2-3-15-9(11)10-8(12)7-6-13-4-5-14-7/h2-3,7H,4-6H2,1H3. The van der Waals surface area contributed by atoms with E-state index in [0.717, 1.165) is 22.1 Å². The monoisotopic (exact) mass is 260 g/mol. The van der Waals surface area contributed by atoms with Crippen LogP contribution in [0.4, 0.5) is 0 Å². The van der Waals surface area contributed by atoms with E-state index in [0.29, 0.717) is 0 Å². The van der Waals surface area contributed by atoms with E-state index in [1.54, 1.807) is 11.8 Å². The average Bonchev–Trinajstić information content (AvgIpc) is 2.66. The fourth-order valence-corrected chi connectivity index (χ4v) is 4.50. The molecule has 0 aliphatic carbocycles. The van der Waals surface area contributed by atoms with Crippen LogP contribution in [0.3, 0.4) is 0 Å². The highest BCUT2D eigenvalue weighted by atomic mass is 32.2. The van der Waals surface area contributed by atoms with Gasteiger partial charge in [0, 0.05) is 35.9 Å². The lowest BCUT2D eigenvalue weighted by Crippen LogP contribution is -2.25. The van der Waals surface area contributed by atoms with Crippen molar-refractivity contribution in [1.82, 2.24) is 4.57 Å². The second kappa shape index (κ2) is 5.23. The molecule has 1 unspecified atom stereocenters. The first-order valence-electron chi connectivity index (χ1n) is 4.65. The number of aromatic nitrogens is 1. The van der Waals surface area contributed by atoms with Crippen LogP contribution in [0.25, 0.3) is 0 Å². The van der Waals surface area contributed by atoms with Gasteiger partial charge in [-0.3, -0.25) is 4.79 Å². The van der Waals surface area contributed by atoms with Crippen molar-refractivity contribution in [2.75, 3.05) is 17.3 Å². The molecule has 82 valence electrons. The van der Waals surface area contributed by atoms with E-state index in [-0.39, 0.29) is 11.2 Å². The number of rotatable bonds is 1. The van der Waals surface area contributed by atoms with Crippen LogP contribution < -0.4 is 4.80 Å². The molecule has 6 heteroatoms. The smallest absolute Gasteiger partial charge is 0.262 e. The number of thiazole rings is 1. The first kappa shape index (κ1) is 11.3. The normalized spacial score (nSPS) is 23.0. The third kappa shape index (κ3) is 2.89. The molecule has 2 heterocycles. The van der Waals surface area contributed by atoms with Crippen molar-refractivity contribution in [1.29, 1.82) is 0 Å². The lowest BCUT2D eigenvalue weighted by Gasteiger charge is -2.16. The van der Waals surface area contributed by atoms with Gasteiger partial charge in [-0.2, -0.15) is 16.8 Å². The van der Waals surface area contributed by atoms with E-state index < -0.39 is 0 Å². The molecule has 15 heavy (non-hydrogen) atoms. The van der Waals surface area contributed by atoms with E-state index in [1.807, 2.05) is 35.0 Å². The molecule has 1 aromatic rings.